The maximum atomic E-state index is 13.3. The second-order valence-electron chi connectivity index (χ2n) is 7.84. The lowest BCUT2D eigenvalue weighted by atomic mass is 9.92. The summed E-state index contributed by atoms with van der Waals surface area (Å²) in [5.41, 5.74) is 1.83. The highest BCUT2D eigenvalue weighted by Gasteiger charge is 2.38. The summed E-state index contributed by atoms with van der Waals surface area (Å²) in [4.78, 5) is 19.8. The van der Waals surface area contributed by atoms with Gasteiger partial charge in [0.15, 0.2) is 9.84 Å². The molecule has 4 rings (SSSR count). The van der Waals surface area contributed by atoms with Gasteiger partial charge in [-0.2, -0.15) is 0 Å². The smallest absolute Gasteiger partial charge is 0.229 e. The molecule has 0 spiro atoms. The maximum Gasteiger partial charge on any atom is 0.229 e. The normalized spacial score (nSPS) is 22.2. The number of sulfone groups is 1. The van der Waals surface area contributed by atoms with E-state index < -0.39 is 9.84 Å². The van der Waals surface area contributed by atoms with Crippen molar-refractivity contribution in [2.75, 3.05) is 11.5 Å². The number of carbonyl (C=O) groups excluding carboxylic acids is 1. The Bertz CT molecular complexity index is 918. The average Bonchev–Trinajstić information content (AvgIpc) is 3.30. The highest BCUT2D eigenvalue weighted by molar-refractivity contribution is 7.91. The van der Waals surface area contributed by atoms with E-state index in [0.717, 1.165) is 41.9 Å². The van der Waals surface area contributed by atoms with Gasteiger partial charge in [0.2, 0.25) is 5.91 Å². The minimum Gasteiger partial charge on any atom is -0.335 e. The number of hydrogen-bond acceptors (Lipinski definition) is 5. The Labute approximate surface area is 170 Å². The fourth-order valence-corrected chi connectivity index (χ4v) is 6.94. The average molecular weight is 419 g/mol. The van der Waals surface area contributed by atoms with Crippen molar-refractivity contribution in [1.82, 2.24) is 9.88 Å². The Morgan fingerprint density at radius 3 is 2.50 bits per heavy atom. The number of amides is 1. The van der Waals surface area contributed by atoms with Crippen molar-refractivity contribution in [2.45, 2.75) is 57.0 Å². The van der Waals surface area contributed by atoms with E-state index in [2.05, 4.69) is 4.98 Å². The van der Waals surface area contributed by atoms with Gasteiger partial charge in [-0.1, -0.05) is 49.6 Å². The van der Waals surface area contributed by atoms with Crippen LogP contribution in [-0.4, -0.2) is 47.8 Å². The second kappa shape index (κ2) is 8.33. The van der Waals surface area contributed by atoms with Crippen molar-refractivity contribution in [1.29, 1.82) is 0 Å². The van der Waals surface area contributed by atoms with Crippen LogP contribution in [0, 0.1) is 0 Å². The molecule has 150 valence electrons. The van der Waals surface area contributed by atoms with Gasteiger partial charge in [0.05, 0.1) is 23.6 Å². The molecule has 1 aromatic carbocycles. The highest BCUT2D eigenvalue weighted by atomic mass is 32.2. The summed E-state index contributed by atoms with van der Waals surface area (Å²) in [6, 6.07) is 9.96. The lowest BCUT2D eigenvalue weighted by Gasteiger charge is -2.38. The molecule has 5 nitrogen and oxygen atoms in total. The third kappa shape index (κ3) is 4.46. The van der Waals surface area contributed by atoms with E-state index in [-0.39, 0.29) is 35.9 Å². The van der Waals surface area contributed by atoms with E-state index in [9.17, 15) is 13.2 Å². The molecule has 1 atom stereocenters. The number of benzene rings is 1. The Morgan fingerprint density at radius 1 is 1.07 bits per heavy atom. The Morgan fingerprint density at radius 2 is 1.82 bits per heavy atom. The van der Waals surface area contributed by atoms with Crippen LogP contribution in [0.5, 0.6) is 0 Å². The van der Waals surface area contributed by atoms with Crippen molar-refractivity contribution in [2.24, 2.45) is 0 Å². The maximum absolute atomic E-state index is 13.3. The topological polar surface area (TPSA) is 67.3 Å². The molecule has 0 N–H and O–H groups in total. The predicted molar refractivity (Wildman–Crippen MR) is 112 cm³/mol. The predicted octanol–water partition coefficient (Wildman–Crippen LogP) is 3.70. The fraction of sp³-hybridized carbons (Fsp3) is 0.524. The number of carbonyl (C=O) groups is 1. The van der Waals surface area contributed by atoms with Crippen molar-refractivity contribution >= 4 is 27.1 Å². The van der Waals surface area contributed by atoms with E-state index in [1.165, 1.54) is 6.42 Å². The van der Waals surface area contributed by atoms with Gasteiger partial charge >= 0.3 is 0 Å². The largest absolute Gasteiger partial charge is 0.335 e. The zero-order valence-electron chi connectivity index (χ0n) is 15.9. The Hall–Kier alpha value is -1.73. The molecule has 28 heavy (non-hydrogen) atoms. The van der Waals surface area contributed by atoms with Crippen molar-refractivity contribution in [3.8, 4) is 10.6 Å². The van der Waals surface area contributed by atoms with E-state index >= 15 is 0 Å². The second-order valence-corrected chi connectivity index (χ2v) is 10.9. The zero-order chi connectivity index (χ0) is 19.6. The molecule has 0 bridgehead atoms. The van der Waals surface area contributed by atoms with Crippen LogP contribution in [0.1, 0.15) is 44.2 Å². The van der Waals surface area contributed by atoms with Crippen LogP contribution in [0.25, 0.3) is 10.6 Å². The first-order valence-electron chi connectivity index (χ1n) is 10.0. The lowest BCUT2D eigenvalue weighted by molar-refractivity contribution is -0.135. The summed E-state index contributed by atoms with van der Waals surface area (Å²) in [5.74, 6) is 0.337. The fourth-order valence-electron chi connectivity index (χ4n) is 4.41. The number of thiazole rings is 1. The molecule has 1 amide bonds. The molecule has 7 heteroatoms. The summed E-state index contributed by atoms with van der Waals surface area (Å²) in [7, 11) is -3.02. The molecule has 2 aliphatic rings. The van der Waals surface area contributed by atoms with Gasteiger partial charge in [-0.05, 0) is 19.3 Å². The molecule has 1 saturated carbocycles. The van der Waals surface area contributed by atoms with Gasteiger partial charge in [-0.3, -0.25) is 4.79 Å². The van der Waals surface area contributed by atoms with E-state index in [1.54, 1.807) is 11.3 Å². The standard InChI is InChI=1S/C21H26N2O3S2/c24-20(13-17-14-27-21(22-17)16-7-3-1-4-8-16)23(18-9-5-2-6-10-18)19-11-12-28(25,26)15-19/h1,3-4,7-8,14,18-19H,2,5-6,9-13,15H2/t19-/m0/s1. The zero-order valence-corrected chi connectivity index (χ0v) is 17.6. The lowest BCUT2D eigenvalue weighted by Crippen LogP contribution is -2.49. The summed E-state index contributed by atoms with van der Waals surface area (Å²) in [5, 5.41) is 2.86. The first-order valence-corrected chi connectivity index (χ1v) is 12.7. The Balaban J connectivity index is 1.51. The molecular weight excluding hydrogens is 392 g/mol. The van der Waals surface area contributed by atoms with Gasteiger partial charge in [0.1, 0.15) is 5.01 Å². The number of rotatable bonds is 5. The van der Waals surface area contributed by atoms with Crippen molar-refractivity contribution < 1.29 is 13.2 Å². The van der Waals surface area contributed by atoms with Gasteiger partial charge in [0, 0.05) is 23.0 Å². The molecule has 1 aliphatic heterocycles. The van der Waals surface area contributed by atoms with Gasteiger partial charge in [-0.15, -0.1) is 11.3 Å². The van der Waals surface area contributed by atoms with Gasteiger partial charge in [-0.25, -0.2) is 13.4 Å². The molecule has 1 aromatic heterocycles. The number of aromatic nitrogens is 1. The van der Waals surface area contributed by atoms with Crippen molar-refractivity contribution in [3.05, 3.63) is 41.4 Å². The molecule has 2 aromatic rings. The third-order valence-electron chi connectivity index (χ3n) is 5.76. The van der Waals surface area contributed by atoms with Crippen molar-refractivity contribution in [3.63, 3.8) is 0 Å². The minimum atomic E-state index is -3.02. The third-order valence-corrected chi connectivity index (χ3v) is 8.45. The SMILES string of the molecule is O=C(Cc1csc(-c2ccccc2)n1)N(C1CCCCC1)[C@H]1CCS(=O)(=O)C1. The summed E-state index contributed by atoms with van der Waals surface area (Å²) < 4.78 is 24.0. The molecular formula is C21H26N2O3S2. The molecule has 2 heterocycles. The van der Waals surface area contributed by atoms with Crippen LogP contribution in [0.2, 0.25) is 0 Å². The molecule has 1 saturated heterocycles. The Kier molecular flexibility index (Phi) is 5.83. The summed E-state index contributed by atoms with van der Waals surface area (Å²) >= 11 is 1.55. The van der Waals surface area contributed by atoms with Crippen LogP contribution in [-0.2, 0) is 21.1 Å². The van der Waals surface area contributed by atoms with Gasteiger partial charge in [0.25, 0.3) is 0 Å². The van der Waals surface area contributed by atoms with E-state index in [0.29, 0.717) is 6.42 Å². The van der Waals surface area contributed by atoms with E-state index in [4.69, 9.17) is 0 Å². The first-order chi connectivity index (χ1) is 13.5. The first kappa shape index (κ1) is 19.6. The monoisotopic (exact) mass is 418 g/mol. The quantitative estimate of drug-likeness (QED) is 0.742. The van der Waals surface area contributed by atoms with Gasteiger partial charge < -0.3 is 4.90 Å². The van der Waals surface area contributed by atoms with E-state index in [1.807, 2.05) is 40.6 Å². The van der Waals surface area contributed by atoms with Crippen LogP contribution in [0.15, 0.2) is 35.7 Å². The summed E-state index contributed by atoms with van der Waals surface area (Å²) in [6.07, 6.45) is 6.20. The van der Waals surface area contributed by atoms with Crippen LogP contribution in [0.4, 0.5) is 0 Å². The molecule has 0 unspecified atom stereocenters. The molecule has 1 aliphatic carbocycles. The number of hydrogen-bond donors (Lipinski definition) is 0. The molecule has 2 fully saturated rings. The summed E-state index contributed by atoms with van der Waals surface area (Å²) in [6.45, 7) is 0. The van der Waals surface area contributed by atoms with Crippen LogP contribution in [0.3, 0.4) is 0 Å². The minimum absolute atomic E-state index is 0.0268. The number of nitrogens with zero attached hydrogens (tertiary/aromatic N) is 2. The molecule has 0 radical (unpaired) electrons. The van der Waals surface area contributed by atoms with Crippen LogP contribution >= 0.6 is 11.3 Å². The van der Waals surface area contributed by atoms with Crippen LogP contribution < -0.4 is 0 Å². The highest BCUT2D eigenvalue weighted by Crippen LogP contribution is 2.30.